The molecule has 3 saturated heterocycles. The first-order valence-corrected chi connectivity index (χ1v) is 17.4. The number of hydrogen-bond acceptors (Lipinski definition) is 5. The molecule has 3 fully saturated rings. The van der Waals surface area contributed by atoms with Gasteiger partial charge in [0.15, 0.2) is 8.32 Å². The number of benzene rings is 1. The third kappa shape index (κ3) is 6.83. The van der Waals surface area contributed by atoms with Gasteiger partial charge in [-0.2, -0.15) is 0 Å². The third-order valence-electron chi connectivity index (χ3n) is 8.79. The molecule has 0 bridgehead atoms. The largest absolute Gasteiger partial charge is 0.432 e. The summed E-state index contributed by atoms with van der Waals surface area (Å²) in [7, 11) is -2.56. The molecule has 3 aliphatic heterocycles. The number of aryl methyl sites for hydroxylation is 1. The van der Waals surface area contributed by atoms with Crippen molar-refractivity contribution in [3.8, 4) is 0 Å². The molecular formula is C29H46N2O5Si. The number of ether oxygens (including phenoxy) is 1. The molecule has 206 valence electrons. The van der Waals surface area contributed by atoms with Crippen molar-refractivity contribution in [2.24, 2.45) is 5.92 Å². The maximum Gasteiger partial charge on any atom is 0.226 e. The van der Waals surface area contributed by atoms with Crippen LogP contribution in [0.2, 0.25) is 18.6 Å². The second-order valence-electron chi connectivity index (χ2n) is 11.9. The average molecular weight is 531 g/mol. The smallest absolute Gasteiger partial charge is 0.226 e. The topological polar surface area (TPSA) is 90.3 Å². The zero-order valence-corrected chi connectivity index (χ0v) is 23.9. The Morgan fingerprint density at radius 1 is 1.05 bits per heavy atom. The maximum absolute atomic E-state index is 13.1. The second-order valence-corrected chi connectivity index (χ2v) is 15.9. The number of carbonyl (C=O) groups is 2. The van der Waals surface area contributed by atoms with Crippen molar-refractivity contribution in [2.75, 3.05) is 24.6 Å². The summed E-state index contributed by atoms with van der Waals surface area (Å²) in [6.45, 7) is 7.56. The van der Waals surface area contributed by atoms with Gasteiger partial charge in [0.25, 0.3) is 0 Å². The van der Waals surface area contributed by atoms with Crippen LogP contribution in [0.3, 0.4) is 0 Å². The lowest BCUT2D eigenvalue weighted by Gasteiger charge is -2.31. The molecule has 1 aromatic rings. The van der Waals surface area contributed by atoms with E-state index in [1.807, 2.05) is 22.9 Å². The molecule has 0 saturated carbocycles. The molecule has 5 atom stereocenters. The molecule has 37 heavy (non-hydrogen) atoms. The Hall–Kier alpha value is -1.74. The van der Waals surface area contributed by atoms with Gasteiger partial charge in [0.05, 0.1) is 31.3 Å². The number of nitrogens with zero attached hydrogens (tertiary/aromatic N) is 2. The van der Waals surface area contributed by atoms with E-state index >= 15 is 0 Å². The first-order valence-electron chi connectivity index (χ1n) is 14.4. The number of aliphatic hydroxyl groups excluding tert-OH is 1. The number of amides is 2. The monoisotopic (exact) mass is 530 g/mol. The number of rotatable bonds is 8. The molecule has 4 rings (SSSR count). The first kappa shape index (κ1) is 28.3. The summed E-state index contributed by atoms with van der Waals surface area (Å²) < 4.78 is 6.50. The van der Waals surface area contributed by atoms with Crippen LogP contribution < -0.4 is 4.90 Å². The van der Waals surface area contributed by atoms with E-state index in [0.717, 1.165) is 57.2 Å². The number of anilines is 1. The fraction of sp³-hybridized carbons (Fsp3) is 0.724. The summed E-state index contributed by atoms with van der Waals surface area (Å²) >= 11 is 0. The summed E-state index contributed by atoms with van der Waals surface area (Å²) in [5, 5.41) is 9.64. The molecular weight excluding hydrogens is 484 g/mol. The fourth-order valence-electron chi connectivity index (χ4n) is 6.83. The van der Waals surface area contributed by atoms with E-state index < -0.39 is 8.32 Å². The van der Waals surface area contributed by atoms with Gasteiger partial charge in [0.1, 0.15) is 0 Å². The average Bonchev–Trinajstić information content (AvgIpc) is 3.45. The minimum Gasteiger partial charge on any atom is -0.432 e. The highest BCUT2D eigenvalue weighted by atomic mass is 28.4. The van der Waals surface area contributed by atoms with E-state index in [4.69, 9.17) is 4.74 Å². The normalized spacial score (nSPS) is 29.4. The fourth-order valence-corrected chi connectivity index (χ4v) is 9.44. The highest BCUT2D eigenvalue weighted by molar-refractivity contribution is 6.71. The molecule has 1 aromatic carbocycles. The van der Waals surface area contributed by atoms with Crippen LogP contribution in [-0.2, 0) is 20.7 Å². The second kappa shape index (κ2) is 12.4. The lowest BCUT2D eigenvalue weighted by Crippen LogP contribution is -2.43. The van der Waals surface area contributed by atoms with Crippen molar-refractivity contribution in [1.82, 2.24) is 4.90 Å². The van der Waals surface area contributed by atoms with Gasteiger partial charge in [0.2, 0.25) is 11.8 Å². The highest BCUT2D eigenvalue weighted by Crippen LogP contribution is 2.46. The molecule has 2 N–H and O–H groups in total. The highest BCUT2D eigenvalue weighted by Gasteiger charge is 2.50. The van der Waals surface area contributed by atoms with Gasteiger partial charge in [0, 0.05) is 30.7 Å². The lowest BCUT2D eigenvalue weighted by molar-refractivity contribution is -0.135. The van der Waals surface area contributed by atoms with Gasteiger partial charge in [-0.1, -0.05) is 31.9 Å². The van der Waals surface area contributed by atoms with E-state index in [1.54, 1.807) is 0 Å². The number of aliphatic hydroxyl groups is 1. The molecule has 3 heterocycles. The number of carbonyl (C=O) groups excluding carboxylic acids is 2. The van der Waals surface area contributed by atoms with E-state index in [0.29, 0.717) is 13.0 Å². The van der Waals surface area contributed by atoms with Crippen molar-refractivity contribution in [2.45, 2.75) is 108 Å². The van der Waals surface area contributed by atoms with Gasteiger partial charge in [-0.15, -0.1) is 0 Å². The molecule has 0 aromatic heterocycles. The number of hydrogen-bond donors (Lipinski definition) is 2. The molecule has 0 spiro atoms. The molecule has 2 amide bonds. The van der Waals surface area contributed by atoms with Crippen molar-refractivity contribution in [3.05, 3.63) is 29.8 Å². The zero-order valence-electron chi connectivity index (χ0n) is 22.9. The van der Waals surface area contributed by atoms with Crippen molar-refractivity contribution in [3.63, 3.8) is 0 Å². The summed E-state index contributed by atoms with van der Waals surface area (Å²) in [6.07, 6.45) is 8.44. The molecule has 3 aliphatic rings. The Kier molecular flexibility index (Phi) is 9.48. The standard InChI is InChI=1S/C29H46N2O5Si/c1-21-25(16-13-22-11-14-23(15-12-22)30-17-7-5-4-6-10-27(30)33)36-26(29(21)37(2,3)35)19-28(34)31-18-8-9-24(31)20-32/h11-12,14-15,21,24-26,29,32,35H,4-10,13,16-20H2,1-3H3/t21-,24-,25+,26-,29+/m0/s1. The predicted octanol–water partition coefficient (Wildman–Crippen LogP) is 4.26. The van der Waals surface area contributed by atoms with Crippen LogP contribution in [0.25, 0.3) is 0 Å². The van der Waals surface area contributed by atoms with Crippen molar-refractivity contribution >= 4 is 25.8 Å². The minimum absolute atomic E-state index is 0.00265. The first-order chi connectivity index (χ1) is 17.7. The Balaban J connectivity index is 1.37. The van der Waals surface area contributed by atoms with Crippen molar-refractivity contribution in [1.29, 1.82) is 0 Å². The Morgan fingerprint density at radius 3 is 2.49 bits per heavy atom. The Morgan fingerprint density at radius 2 is 1.78 bits per heavy atom. The lowest BCUT2D eigenvalue weighted by atomic mass is 9.95. The molecule has 0 aliphatic carbocycles. The zero-order chi connectivity index (χ0) is 26.6. The van der Waals surface area contributed by atoms with Crippen LogP contribution in [0.4, 0.5) is 5.69 Å². The Bertz CT molecular complexity index is 918. The Labute approximate surface area is 223 Å². The van der Waals surface area contributed by atoms with Crippen LogP contribution in [0.5, 0.6) is 0 Å². The molecule has 0 radical (unpaired) electrons. The van der Waals surface area contributed by atoms with Gasteiger partial charge in [-0.3, -0.25) is 9.59 Å². The molecule has 0 unspecified atom stereocenters. The molecule has 8 heteroatoms. The minimum atomic E-state index is -2.56. The van der Waals surface area contributed by atoms with Gasteiger partial charge >= 0.3 is 0 Å². The van der Waals surface area contributed by atoms with Gasteiger partial charge < -0.3 is 24.4 Å². The van der Waals surface area contributed by atoms with Gasteiger partial charge in [-0.05, 0) is 75.2 Å². The number of likely N-dealkylation sites (tertiary alicyclic amines) is 1. The van der Waals surface area contributed by atoms with E-state index in [1.165, 1.54) is 12.0 Å². The van der Waals surface area contributed by atoms with Crippen LogP contribution >= 0.6 is 0 Å². The van der Waals surface area contributed by atoms with Crippen LogP contribution in [0, 0.1) is 5.92 Å². The third-order valence-corrected chi connectivity index (χ3v) is 11.3. The summed E-state index contributed by atoms with van der Waals surface area (Å²) in [5.41, 5.74) is 2.19. The van der Waals surface area contributed by atoms with Crippen molar-refractivity contribution < 1.29 is 24.2 Å². The van der Waals surface area contributed by atoms with E-state index in [2.05, 4.69) is 31.2 Å². The maximum atomic E-state index is 13.1. The van der Waals surface area contributed by atoms with Crippen LogP contribution in [0.1, 0.15) is 70.3 Å². The van der Waals surface area contributed by atoms with E-state index in [-0.39, 0.29) is 54.6 Å². The molecule has 7 nitrogen and oxygen atoms in total. The predicted molar refractivity (Wildman–Crippen MR) is 148 cm³/mol. The summed E-state index contributed by atoms with van der Waals surface area (Å²) in [6, 6.07) is 8.28. The summed E-state index contributed by atoms with van der Waals surface area (Å²) in [4.78, 5) is 40.5. The van der Waals surface area contributed by atoms with Crippen LogP contribution in [0.15, 0.2) is 24.3 Å². The van der Waals surface area contributed by atoms with E-state index in [9.17, 15) is 19.5 Å². The van der Waals surface area contributed by atoms with Gasteiger partial charge in [-0.25, -0.2) is 0 Å². The van der Waals surface area contributed by atoms with Crippen LogP contribution in [-0.4, -0.2) is 72.9 Å². The quantitative estimate of drug-likeness (QED) is 0.490. The summed E-state index contributed by atoms with van der Waals surface area (Å²) in [5.74, 6) is 0.434. The SMILES string of the molecule is C[C@@H]1[C@@H]([Si](C)(C)O)[C@H](CC(=O)N2CCC[C@H]2CO)O[C@@H]1CCc1ccc(N2CCCCCCC2=O)cc1.